The highest BCUT2D eigenvalue weighted by Crippen LogP contribution is 2.23. The molecule has 6 nitrogen and oxygen atoms in total. The van der Waals surface area contributed by atoms with Crippen molar-refractivity contribution in [1.29, 1.82) is 0 Å². The molecule has 0 atom stereocenters. The van der Waals surface area contributed by atoms with E-state index in [0.29, 0.717) is 17.9 Å². The summed E-state index contributed by atoms with van der Waals surface area (Å²) in [6.07, 6.45) is 2.43. The zero-order valence-corrected chi connectivity index (χ0v) is 13.1. The van der Waals surface area contributed by atoms with Crippen LogP contribution in [0.3, 0.4) is 0 Å². The molecule has 0 saturated heterocycles. The Hall–Kier alpha value is -2.61. The van der Waals surface area contributed by atoms with Crippen LogP contribution in [0.4, 0.5) is 14.6 Å². The maximum absolute atomic E-state index is 13.7. The van der Waals surface area contributed by atoms with E-state index >= 15 is 0 Å². The Balaban J connectivity index is 1.59. The van der Waals surface area contributed by atoms with Crippen molar-refractivity contribution in [2.75, 3.05) is 18.9 Å². The monoisotopic (exact) mass is 330 g/mol. The third kappa shape index (κ3) is 2.58. The van der Waals surface area contributed by atoms with Crippen LogP contribution in [-0.2, 0) is 19.5 Å². The number of rotatable bonds is 3. The molecule has 0 spiro atoms. The van der Waals surface area contributed by atoms with Crippen LogP contribution in [-0.4, -0.2) is 38.4 Å². The fraction of sp³-hybridized carbons (Fsp3) is 0.312. The van der Waals surface area contributed by atoms with Gasteiger partial charge in [0.05, 0.1) is 17.8 Å². The first kappa shape index (κ1) is 14.9. The van der Waals surface area contributed by atoms with Gasteiger partial charge in [-0.25, -0.2) is 23.7 Å². The van der Waals surface area contributed by atoms with E-state index < -0.39 is 11.6 Å². The molecule has 0 amide bonds. The Kier molecular flexibility index (Phi) is 3.61. The number of nitrogens with one attached hydrogen (secondary N) is 2. The number of fused-ring (bicyclic) bond motifs is 2. The summed E-state index contributed by atoms with van der Waals surface area (Å²) in [4.78, 5) is 18.0. The van der Waals surface area contributed by atoms with Crippen molar-refractivity contribution < 1.29 is 8.78 Å². The predicted molar refractivity (Wildman–Crippen MR) is 85.4 cm³/mol. The van der Waals surface area contributed by atoms with Crippen molar-refractivity contribution in [3.8, 4) is 0 Å². The van der Waals surface area contributed by atoms with Gasteiger partial charge in [-0.2, -0.15) is 0 Å². The second-order valence-electron chi connectivity index (χ2n) is 5.93. The summed E-state index contributed by atoms with van der Waals surface area (Å²) in [6.45, 7) is 2.08. The SMILES string of the molecule is CN1CCc2ncnc(NCc3nc4c(F)c(F)ccc4[nH]3)c2C1. The normalized spacial score (nSPS) is 14.8. The summed E-state index contributed by atoms with van der Waals surface area (Å²) in [5, 5.41) is 3.22. The lowest BCUT2D eigenvalue weighted by molar-refractivity contribution is 0.310. The van der Waals surface area contributed by atoms with Crippen molar-refractivity contribution >= 4 is 16.9 Å². The van der Waals surface area contributed by atoms with Crippen LogP contribution in [0.25, 0.3) is 11.0 Å². The van der Waals surface area contributed by atoms with Gasteiger partial charge < -0.3 is 15.2 Å². The number of H-pyrrole nitrogens is 1. The van der Waals surface area contributed by atoms with Crippen molar-refractivity contribution in [3.05, 3.63) is 47.2 Å². The van der Waals surface area contributed by atoms with Gasteiger partial charge in [-0.05, 0) is 19.2 Å². The second-order valence-corrected chi connectivity index (χ2v) is 5.93. The van der Waals surface area contributed by atoms with Gasteiger partial charge in [-0.1, -0.05) is 0 Å². The summed E-state index contributed by atoms with van der Waals surface area (Å²) in [5.74, 6) is -0.567. The van der Waals surface area contributed by atoms with Gasteiger partial charge in [0, 0.05) is 25.1 Å². The number of imidazole rings is 1. The zero-order chi connectivity index (χ0) is 16.7. The predicted octanol–water partition coefficient (Wildman–Crippen LogP) is 2.23. The molecule has 4 rings (SSSR count). The smallest absolute Gasteiger partial charge is 0.186 e. The first-order chi connectivity index (χ1) is 11.6. The Morgan fingerprint density at radius 3 is 3.04 bits per heavy atom. The summed E-state index contributed by atoms with van der Waals surface area (Å²) in [7, 11) is 2.05. The molecule has 1 aliphatic rings. The molecule has 3 aromatic rings. The molecule has 24 heavy (non-hydrogen) atoms. The van der Waals surface area contributed by atoms with E-state index in [-0.39, 0.29) is 5.52 Å². The minimum Gasteiger partial charge on any atom is -0.362 e. The Morgan fingerprint density at radius 2 is 2.17 bits per heavy atom. The molecule has 0 saturated carbocycles. The minimum absolute atomic E-state index is 0.0104. The van der Waals surface area contributed by atoms with E-state index in [1.165, 1.54) is 6.07 Å². The highest BCUT2D eigenvalue weighted by atomic mass is 19.2. The molecule has 1 aromatic carbocycles. The van der Waals surface area contributed by atoms with Crippen molar-refractivity contribution in [3.63, 3.8) is 0 Å². The van der Waals surface area contributed by atoms with Crippen LogP contribution >= 0.6 is 0 Å². The largest absolute Gasteiger partial charge is 0.362 e. The Bertz CT molecular complexity index is 907. The van der Waals surface area contributed by atoms with Gasteiger partial charge in [0.1, 0.15) is 23.5 Å². The molecule has 0 unspecified atom stereocenters. The number of likely N-dealkylation sites (N-methyl/N-ethyl adjacent to an activating group) is 1. The molecule has 1 aliphatic heterocycles. The number of halogens is 2. The molecule has 0 aliphatic carbocycles. The number of aromatic amines is 1. The highest BCUT2D eigenvalue weighted by molar-refractivity contribution is 5.75. The minimum atomic E-state index is -0.934. The molecule has 124 valence electrons. The topological polar surface area (TPSA) is 69.7 Å². The number of hydrogen-bond donors (Lipinski definition) is 2. The van der Waals surface area contributed by atoms with Crippen LogP contribution in [0.1, 0.15) is 17.1 Å². The molecule has 3 heterocycles. The standard InChI is InChI=1S/C16H16F2N6/c1-24-5-4-11-9(7-24)16(21-8-20-11)19-6-13-22-12-3-2-10(17)14(18)15(12)23-13/h2-3,8H,4-7H2,1H3,(H,22,23)(H,19,20,21). The Morgan fingerprint density at radius 1 is 1.29 bits per heavy atom. The van der Waals surface area contributed by atoms with Gasteiger partial charge in [0.2, 0.25) is 0 Å². The number of anilines is 1. The fourth-order valence-electron chi connectivity index (χ4n) is 2.95. The molecular weight excluding hydrogens is 314 g/mol. The lowest BCUT2D eigenvalue weighted by atomic mass is 10.1. The van der Waals surface area contributed by atoms with E-state index in [4.69, 9.17) is 0 Å². The lowest BCUT2D eigenvalue weighted by Gasteiger charge is -2.25. The summed E-state index contributed by atoms with van der Waals surface area (Å²) in [5.41, 5.74) is 2.59. The summed E-state index contributed by atoms with van der Waals surface area (Å²) in [6, 6.07) is 2.56. The number of nitrogens with zero attached hydrogens (tertiary/aromatic N) is 4. The number of benzene rings is 1. The number of aromatic nitrogens is 4. The maximum Gasteiger partial charge on any atom is 0.186 e. The third-order valence-corrected chi connectivity index (χ3v) is 4.21. The van der Waals surface area contributed by atoms with E-state index in [1.807, 2.05) is 0 Å². The van der Waals surface area contributed by atoms with Crippen LogP contribution in [0.2, 0.25) is 0 Å². The first-order valence-electron chi connectivity index (χ1n) is 7.69. The summed E-state index contributed by atoms with van der Waals surface area (Å²) >= 11 is 0. The van der Waals surface area contributed by atoms with E-state index in [9.17, 15) is 8.78 Å². The van der Waals surface area contributed by atoms with Crippen LogP contribution in [0.15, 0.2) is 18.5 Å². The van der Waals surface area contributed by atoms with Crippen molar-refractivity contribution in [2.45, 2.75) is 19.5 Å². The van der Waals surface area contributed by atoms with Crippen LogP contribution in [0.5, 0.6) is 0 Å². The zero-order valence-electron chi connectivity index (χ0n) is 13.1. The molecule has 0 radical (unpaired) electrons. The molecule has 2 N–H and O–H groups in total. The van der Waals surface area contributed by atoms with Crippen LogP contribution in [0, 0.1) is 11.6 Å². The molecular formula is C16H16F2N6. The van der Waals surface area contributed by atoms with E-state index in [0.717, 1.165) is 42.7 Å². The molecule has 8 heteroatoms. The van der Waals surface area contributed by atoms with Gasteiger partial charge in [0.25, 0.3) is 0 Å². The van der Waals surface area contributed by atoms with Crippen molar-refractivity contribution in [2.24, 2.45) is 0 Å². The third-order valence-electron chi connectivity index (χ3n) is 4.21. The average Bonchev–Trinajstić information content (AvgIpc) is 3.00. The molecule has 2 aromatic heterocycles. The lowest BCUT2D eigenvalue weighted by Crippen LogP contribution is -2.28. The molecule has 0 bridgehead atoms. The van der Waals surface area contributed by atoms with Gasteiger partial charge in [-0.3, -0.25) is 0 Å². The quantitative estimate of drug-likeness (QED) is 0.771. The fourth-order valence-corrected chi connectivity index (χ4v) is 2.95. The van der Waals surface area contributed by atoms with Gasteiger partial charge >= 0.3 is 0 Å². The second kappa shape index (κ2) is 5.79. The molecule has 0 fully saturated rings. The number of hydrogen-bond acceptors (Lipinski definition) is 5. The van der Waals surface area contributed by atoms with Crippen molar-refractivity contribution in [1.82, 2.24) is 24.8 Å². The van der Waals surface area contributed by atoms with Crippen LogP contribution < -0.4 is 5.32 Å². The average molecular weight is 330 g/mol. The highest BCUT2D eigenvalue weighted by Gasteiger charge is 2.19. The van der Waals surface area contributed by atoms with Gasteiger partial charge in [-0.15, -0.1) is 0 Å². The Labute approximate surface area is 136 Å². The summed E-state index contributed by atoms with van der Waals surface area (Å²) < 4.78 is 27.0. The first-order valence-corrected chi connectivity index (χ1v) is 7.69. The van der Waals surface area contributed by atoms with Gasteiger partial charge in [0.15, 0.2) is 11.6 Å². The maximum atomic E-state index is 13.7. The van der Waals surface area contributed by atoms with E-state index in [2.05, 4.69) is 37.2 Å². The van der Waals surface area contributed by atoms with E-state index in [1.54, 1.807) is 6.33 Å².